The van der Waals surface area contributed by atoms with E-state index in [2.05, 4.69) is 23.7 Å². The van der Waals surface area contributed by atoms with Crippen LogP contribution in [0.4, 0.5) is 0 Å². The van der Waals surface area contributed by atoms with Crippen molar-refractivity contribution in [1.29, 1.82) is 0 Å². The van der Waals surface area contributed by atoms with Crippen LogP contribution in [-0.2, 0) is 9.59 Å². The van der Waals surface area contributed by atoms with Crippen LogP contribution in [-0.4, -0.2) is 43.3 Å². The Bertz CT molecular complexity index is 416. The van der Waals surface area contributed by atoms with Gasteiger partial charge >= 0.3 is 43.0 Å². The van der Waals surface area contributed by atoms with Gasteiger partial charge in [-0.3, -0.25) is 9.59 Å². The maximum atomic E-state index is 10.3. The maximum absolute atomic E-state index is 10.3. The van der Waals surface area contributed by atoms with Crippen molar-refractivity contribution in [3.8, 4) is 0 Å². The molecule has 39 heavy (non-hydrogen) atoms. The van der Waals surface area contributed by atoms with Crippen molar-refractivity contribution in [2.45, 2.75) is 204 Å². The Hall–Kier alpha value is -0.261. The first-order valence-corrected chi connectivity index (χ1v) is 22.7. The molecule has 0 atom stereocenters. The summed E-state index contributed by atoms with van der Waals surface area (Å²) in [5.74, 6) is -1.31. The Morgan fingerprint density at radius 2 is 0.538 bits per heavy atom. The molecule has 0 fully saturated rings. The molecular formula is C34H70O4Sn. The van der Waals surface area contributed by atoms with Crippen molar-refractivity contribution < 1.29 is 19.8 Å². The molecule has 2 N–H and O–H groups in total. The Kier molecular flexibility index (Phi) is 46.8. The second-order valence-electron chi connectivity index (χ2n) is 11.3. The molecule has 0 unspecified atom stereocenters. The zero-order valence-corrected chi connectivity index (χ0v) is 29.9. The summed E-state index contributed by atoms with van der Waals surface area (Å²) >= 11 is 0.230. The average Bonchev–Trinajstić information content (AvgIpc) is 2.90. The molecule has 0 bridgehead atoms. The van der Waals surface area contributed by atoms with Crippen molar-refractivity contribution in [3.05, 3.63) is 0 Å². The van der Waals surface area contributed by atoms with Gasteiger partial charge < -0.3 is 10.2 Å². The summed E-state index contributed by atoms with van der Waals surface area (Å²) < 4.78 is 0. The van der Waals surface area contributed by atoms with E-state index in [1.165, 1.54) is 141 Å². The first kappa shape index (κ1) is 43.2. The van der Waals surface area contributed by atoms with E-state index in [1.807, 2.05) is 0 Å². The fourth-order valence-electron chi connectivity index (χ4n) is 4.59. The molecule has 0 saturated heterocycles. The van der Waals surface area contributed by atoms with Crippen molar-refractivity contribution in [1.82, 2.24) is 0 Å². The molecule has 0 rings (SSSR count). The minimum atomic E-state index is -0.655. The number of carbonyl (C=O) groups is 2. The van der Waals surface area contributed by atoms with E-state index in [-0.39, 0.29) is 21.1 Å². The summed E-state index contributed by atoms with van der Waals surface area (Å²) in [7, 11) is 0. The molecule has 0 saturated carbocycles. The fraction of sp³-hybridized carbons (Fsp3) is 0.941. The minimum absolute atomic E-state index is 0.230. The Labute approximate surface area is 255 Å². The number of carboxylic acid groups (broad SMARTS) is 2. The molecule has 0 aliphatic rings. The Morgan fingerprint density at radius 1 is 0.385 bits per heavy atom. The van der Waals surface area contributed by atoms with Crippen LogP contribution in [0.15, 0.2) is 0 Å². The van der Waals surface area contributed by atoms with Gasteiger partial charge in [-0.15, -0.1) is 0 Å². The fourth-order valence-corrected chi connectivity index (χ4v) is 4.59. The second kappa shape index (κ2) is 42.2. The van der Waals surface area contributed by atoms with Gasteiger partial charge in [0.2, 0.25) is 0 Å². The summed E-state index contributed by atoms with van der Waals surface area (Å²) in [6, 6.07) is 0. The first-order valence-electron chi connectivity index (χ1n) is 17.0. The third-order valence-corrected chi connectivity index (χ3v) is 6.99. The van der Waals surface area contributed by atoms with Crippen molar-refractivity contribution in [2.75, 3.05) is 0 Å². The van der Waals surface area contributed by atoms with Gasteiger partial charge in [-0.1, -0.05) is 168 Å². The molecule has 4 nitrogen and oxygen atoms in total. The molecule has 0 amide bonds. The zero-order chi connectivity index (χ0) is 29.7. The first-order chi connectivity index (χ1) is 19.0. The number of hydrogen-bond donors (Lipinski definition) is 2. The number of carboxylic acids is 2. The zero-order valence-electron chi connectivity index (χ0n) is 27.0. The van der Waals surface area contributed by atoms with E-state index in [4.69, 9.17) is 10.2 Å². The van der Waals surface area contributed by atoms with Crippen LogP contribution in [0, 0.1) is 0 Å². The topological polar surface area (TPSA) is 74.6 Å². The molecule has 234 valence electrons. The summed E-state index contributed by atoms with van der Waals surface area (Å²) in [6.07, 6.45) is 34.5. The number of rotatable bonds is 28. The van der Waals surface area contributed by atoms with E-state index in [9.17, 15) is 9.59 Å². The predicted octanol–water partition coefficient (Wildman–Crippen LogP) is 11.9. The van der Waals surface area contributed by atoms with Gasteiger partial charge in [-0.2, -0.15) is 0 Å². The van der Waals surface area contributed by atoms with Gasteiger partial charge in [0.1, 0.15) is 0 Å². The van der Waals surface area contributed by atoms with Crippen LogP contribution in [0.2, 0.25) is 9.88 Å². The molecule has 0 spiro atoms. The molecule has 0 aliphatic carbocycles. The molecule has 5 heteroatoms. The number of aliphatic carboxylic acids is 2. The molecular weight excluding hydrogens is 591 g/mol. The van der Waals surface area contributed by atoms with Crippen LogP contribution in [0.5, 0.6) is 0 Å². The van der Waals surface area contributed by atoms with Gasteiger partial charge in [0.05, 0.1) is 0 Å². The van der Waals surface area contributed by atoms with Crippen molar-refractivity contribution in [2.24, 2.45) is 0 Å². The molecule has 0 heterocycles. The Balaban J connectivity index is -0.000000603. The predicted molar refractivity (Wildman–Crippen MR) is 173 cm³/mol. The molecule has 2 radical (unpaired) electrons. The van der Waals surface area contributed by atoms with Gasteiger partial charge in [-0.25, -0.2) is 0 Å². The van der Waals surface area contributed by atoms with E-state index in [1.54, 1.807) is 0 Å². The van der Waals surface area contributed by atoms with E-state index >= 15 is 0 Å². The van der Waals surface area contributed by atoms with E-state index in [0.717, 1.165) is 25.7 Å². The quantitative estimate of drug-likeness (QED) is 0.0646. The van der Waals surface area contributed by atoms with Crippen LogP contribution in [0.25, 0.3) is 0 Å². The van der Waals surface area contributed by atoms with Crippen LogP contribution >= 0.6 is 0 Å². The third-order valence-electron chi connectivity index (χ3n) is 6.99. The van der Waals surface area contributed by atoms with Gasteiger partial charge in [0, 0.05) is 12.8 Å². The number of unbranched alkanes of at least 4 members (excludes halogenated alkanes) is 24. The van der Waals surface area contributed by atoms with Crippen LogP contribution < -0.4 is 0 Å². The molecule has 0 aromatic heterocycles. The summed E-state index contributed by atoms with van der Waals surface area (Å²) in [6.45, 7) is 4.52. The summed E-state index contributed by atoms with van der Waals surface area (Å²) in [5, 5.41) is 17.0. The SMILES string of the molecule is CCCCCCCCCCCCCCCC(=O)O.CCCCCCCCCCCCCCCC(=O)O.[CH3][Sn][CH3]. The van der Waals surface area contributed by atoms with Crippen LogP contribution in [0.1, 0.15) is 194 Å². The van der Waals surface area contributed by atoms with Gasteiger partial charge in [0.25, 0.3) is 0 Å². The van der Waals surface area contributed by atoms with Gasteiger partial charge in [-0.05, 0) is 12.8 Å². The number of hydrogen-bond acceptors (Lipinski definition) is 2. The monoisotopic (exact) mass is 662 g/mol. The Morgan fingerprint density at radius 3 is 0.692 bits per heavy atom. The van der Waals surface area contributed by atoms with Crippen molar-refractivity contribution in [3.63, 3.8) is 0 Å². The molecule has 0 aliphatic heterocycles. The van der Waals surface area contributed by atoms with Crippen molar-refractivity contribution >= 4 is 33.1 Å². The van der Waals surface area contributed by atoms with Crippen LogP contribution in [0.3, 0.4) is 0 Å². The normalized spacial score (nSPS) is 10.4. The van der Waals surface area contributed by atoms with Gasteiger partial charge in [0.15, 0.2) is 0 Å². The average molecular weight is 662 g/mol. The second-order valence-corrected chi connectivity index (χ2v) is 14.1. The summed E-state index contributed by atoms with van der Waals surface area (Å²) in [5.41, 5.74) is 0. The summed E-state index contributed by atoms with van der Waals surface area (Å²) in [4.78, 5) is 25.2. The standard InChI is InChI=1S/2C16H32O2.2CH3.Sn/c2*1-2-3-4-5-6-7-8-9-10-11-12-13-14-15-16(17)18;;;/h2*2-15H2,1H3,(H,17,18);2*1H3;. The van der Waals surface area contributed by atoms with E-state index in [0.29, 0.717) is 12.8 Å². The molecule has 0 aromatic carbocycles. The van der Waals surface area contributed by atoms with E-state index < -0.39 is 11.9 Å². The molecule has 0 aromatic rings. The third kappa shape index (κ3) is 54.5.